The molecule has 8 nitrogen and oxygen atoms in total. The van der Waals surface area contributed by atoms with E-state index in [0.29, 0.717) is 26.2 Å². The molecule has 0 spiro atoms. The van der Waals surface area contributed by atoms with Gasteiger partial charge in [0.2, 0.25) is 0 Å². The zero-order chi connectivity index (χ0) is 29.8. The molecule has 241 valence electrons. The molecule has 1 saturated heterocycles. The minimum Gasteiger partial charge on any atom is -0.465 e. The van der Waals surface area contributed by atoms with Gasteiger partial charge in [0.25, 0.3) is 0 Å². The molecule has 1 rings (SSSR count). The summed E-state index contributed by atoms with van der Waals surface area (Å²) >= 11 is 0. The summed E-state index contributed by atoms with van der Waals surface area (Å²) in [4.78, 5) is 26.8. The molecule has 0 aromatic carbocycles. The molecule has 1 atom stereocenters. The van der Waals surface area contributed by atoms with Gasteiger partial charge in [-0.2, -0.15) is 0 Å². The number of rotatable bonds is 26. The van der Waals surface area contributed by atoms with Gasteiger partial charge in [-0.15, -0.1) is 0 Å². The van der Waals surface area contributed by atoms with Crippen molar-refractivity contribution in [1.29, 1.82) is 0 Å². The number of amides is 1. The van der Waals surface area contributed by atoms with E-state index < -0.39 is 6.09 Å². The van der Waals surface area contributed by atoms with E-state index in [1.54, 1.807) is 0 Å². The van der Waals surface area contributed by atoms with Crippen LogP contribution in [0.4, 0.5) is 4.79 Å². The summed E-state index contributed by atoms with van der Waals surface area (Å²) in [5, 5.41) is 2.80. The first-order valence-corrected chi connectivity index (χ1v) is 16.9. The van der Waals surface area contributed by atoms with Crippen LogP contribution in [-0.2, 0) is 23.7 Å². The third-order valence-electron chi connectivity index (χ3n) is 7.51. The van der Waals surface area contributed by atoms with Crippen LogP contribution in [0, 0.1) is 12.8 Å². The maximum absolute atomic E-state index is 12.4. The topological polar surface area (TPSA) is 86.3 Å². The van der Waals surface area contributed by atoms with Crippen molar-refractivity contribution in [3.05, 3.63) is 6.92 Å². The van der Waals surface area contributed by atoms with Crippen molar-refractivity contribution in [2.45, 2.75) is 136 Å². The molecule has 8 heteroatoms. The Balaban J connectivity index is 2.20. The van der Waals surface area contributed by atoms with E-state index in [2.05, 4.69) is 31.0 Å². The standard InChI is InChI=1S/C33H63N2O6/c1-4-6-8-10-14-18-26-38-32(39-27-19-15-11-9-7-5-2)21-20-31(36)40-28-30(3)29-41-33(37)34-22-25-35-23-16-12-13-17-24-35/h30,32H,3-29H2,1-2H3,(H,34,37). The van der Waals surface area contributed by atoms with Gasteiger partial charge in [-0.25, -0.2) is 4.79 Å². The first kappa shape index (κ1) is 37.6. The molecule has 1 unspecified atom stereocenters. The molecule has 0 saturated carbocycles. The third kappa shape index (κ3) is 23.8. The predicted octanol–water partition coefficient (Wildman–Crippen LogP) is 7.44. The first-order valence-electron chi connectivity index (χ1n) is 16.9. The maximum Gasteiger partial charge on any atom is 0.407 e. The van der Waals surface area contributed by atoms with Crippen LogP contribution in [0.5, 0.6) is 0 Å². The summed E-state index contributed by atoms with van der Waals surface area (Å²) < 4.78 is 22.7. The van der Waals surface area contributed by atoms with E-state index in [1.807, 2.05) is 0 Å². The lowest BCUT2D eigenvalue weighted by Crippen LogP contribution is -2.36. The smallest absolute Gasteiger partial charge is 0.407 e. The Morgan fingerprint density at radius 2 is 1.29 bits per heavy atom. The van der Waals surface area contributed by atoms with Gasteiger partial charge in [0.15, 0.2) is 6.29 Å². The quantitative estimate of drug-likeness (QED) is 0.0643. The first-order chi connectivity index (χ1) is 20.0. The van der Waals surface area contributed by atoms with Crippen LogP contribution in [0.15, 0.2) is 0 Å². The summed E-state index contributed by atoms with van der Waals surface area (Å²) in [5.74, 6) is -0.629. The fourth-order valence-corrected chi connectivity index (χ4v) is 4.90. The highest BCUT2D eigenvalue weighted by atomic mass is 16.7. The van der Waals surface area contributed by atoms with E-state index in [9.17, 15) is 9.59 Å². The van der Waals surface area contributed by atoms with Crippen molar-refractivity contribution >= 4 is 12.1 Å². The number of ether oxygens (including phenoxy) is 4. The Kier molecular flexibility index (Phi) is 25.2. The van der Waals surface area contributed by atoms with E-state index in [0.717, 1.165) is 45.3 Å². The number of nitrogens with zero attached hydrogens (tertiary/aromatic N) is 1. The average molecular weight is 584 g/mol. The Labute approximate surface area is 251 Å². The van der Waals surface area contributed by atoms with Crippen LogP contribution in [0.2, 0.25) is 0 Å². The number of carbonyl (C=O) groups is 2. The highest BCUT2D eigenvalue weighted by molar-refractivity contribution is 5.69. The summed E-state index contributed by atoms with van der Waals surface area (Å²) in [7, 11) is 0. The molecule has 0 aliphatic carbocycles. The molecule has 1 fully saturated rings. The number of alkyl carbamates (subject to hydrolysis) is 1. The molecule has 0 bridgehead atoms. The summed E-state index contributed by atoms with van der Waals surface area (Å²) in [6.45, 7) is 13.5. The number of unbranched alkanes of at least 4 members (excludes halogenated alkanes) is 10. The summed E-state index contributed by atoms with van der Waals surface area (Å²) in [6, 6.07) is 0. The second kappa shape index (κ2) is 27.5. The van der Waals surface area contributed by atoms with Gasteiger partial charge in [0.05, 0.1) is 19.6 Å². The molecular formula is C33H63N2O6. The number of likely N-dealkylation sites (tertiary alicyclic amines) is 1. The fraction of sp³-hybridized carbons (Fsp3) is 0.909. The number of hydrogen-bond acceptors (Lipinski definition) is 7. The zero-order valence-corrected chi connectivity index (χ0v) is 26.6. The van der Waals surface area contributed by atoms with Crippen LogP contribution in [0.1, 0.15) is 129 Å². The van der Waals surface area contributed by atoms with Gasteiger partial charge in [0.1, 0.15) is 0 Å². The monoisotopic (exact) mass is 583 g/mol. The molecule has 1 aliphatic heterocycles. The Morgan fingerprint density at radius 1 is 0.756 bits per heavy atom. The molecule has 1 radical (unpaired) electrons. The van der Waals surface area contributed by atoms with Crippen molar-refractivity contribution in [2.75, 3.05) is 52.6 Å². The number of nitrogens with one attached hydrogen (secondary N) is 1. The lowest BCUT2D eigenvalue weighted by Gasteiger charge is -2.20. The van der Waals surface area contributed by atoms with Crippen molar-refractivity contribution in [1.82, 2.24) is 10.2 Å². The fourth-order valence-electron chi connectivity index (χ4n) is 4.90. The molecule has 1 amide bonds. The lowest BCUT2D eigenvalue weighted by atomic mass is 10.1. The van der Waals surface area contributed by atoms with Gasteiger partial charge >= 0.3 is 12.1 Å². The van der Waals surface area contributed by atoms with Crippen LogP contribution in [0.25, 0.3) is 0 Å². The number of esters is 1. The molecule has 1 heterocycles. The van der Waals surface area contributed by atoms with Gasteiger partial charge in [-0.05, 0) is 45.7 Å². The minimum absolute atomic E-state index is 0.105. The predicted molar refractivity (Wildman–Crippen MR) is 166 cm³/mol. The van der Waals surface area contributed by atoms with E-state index >= 15 is 0 Å². The van der Waals surface area contributed by atoms with E-state index in [-0.39, 0.29) is 37.8 Å². The van der Waals surface area contributed by atoms with Crippen LogP contribution >= 0.6 is 0 Å². The SMILES string of the molecule is [CH2]C(COC(=O)CCC(OCCCCCCCC)OCCCCCCCC)COC(=O)NCCN1CCCCCC1. The number of carbonyl (C=O) groups excluding carboxylic acids is 2. The van der Waals surface area contributed by atoms with Gasteiger partial charge < -0.3 is 29.2 Å². The van der Waals surface area contributed by atoms with Crippen molar-refractivity contribution in [3.63, 3.8) is 0 Å². The normalized spacial score (nSPS) is 15.0. The van der Waals surface area contributed by atoms with Crippen molar-refractivity contribution < 1.29 is 28.5 Å². The average Bonchev–Trinajstić information content (AvgIpc) is 3.25. The van der Waals surface area contributed by atoms with Gasteiger partial charge in [0, 0.05) is 38.6 Å². The maximum atomic E-state index is 12.4. The van der Waals surface area contributed by atoms with Crippen LogP contribution in [0.3, 0.4) is 0 Å². The third-order valence-corrected chi connectivity index (χ3v) is 7.51. The molecule has 1 N–H and O–H groups in total. The Morgan fingerprint density at radius 3 is 1.88 bits per heavy atom. The number of hydrogen-bond donors (Lipinski definition) is 1. The Hall–Kier alpha value is -1.38. The second-order valence-electron chi connectivity index (χ2n) is 11.6. The highest BCUT2D eigenvalue weighted by Crippen LogP contribution is 2.12. The summed E-state index contributed by atoms with van der Waals surface area (Å²) in [6.07, 6.45) is 19.4. The molecule has 0 aromatic heterocycles. The van der Waals surface area contributed by atoms with Crippen molar-refractivity contribution in [3.8, 4) is 0 Å². The second-order valence-corrected chi connectivity index (χ2v) is 11.6. The van der Waals surface area contributed by atoms with Crippen LogP contribution in [-0.4, -0.2) is 75.9 Å². The van der Waals surface area contributed by atoms with E-state index in [4.69, 9.17) is 18.9 Å². The molecule has 41 heavy (non-hydrogen) atoms. The largest absolute Gasteiger partial charge is 0.465 e. The lowest BCUT2D eigenvalue weighted by molar-refractivity contribution is -0.160. The molecule has 0 aromatic rings. The summed E-state index contributed by atoms with van der Waals surface area (Å²) in [5.41, 5.74) is 0. The van der Waals surface area contributed by atoms with Gasteiger partial charge in [-0.1, -0.05) is 90.9 Å². The van der Waals surface area contributed by atoms with Gasteiger partial charge in [-0.3, -0.25) is 4.79 Å². The highest BCUT2D eigenvalue weighted by Gasteiger charge is 2.16. The minimum atomic E-state index is -0.451. The zero-order valence-electron chi connectivity index (χ0n) is 26.6. The molecule has 1 aliphatic rings. The molecular weight excluding hydrogens is 520 g/mol. The van der Waals surface area contributed by atoms with E-state index in [1.165, 1.54) is 77.0 Å². The van der Waals surface area contributed by atoms with Crippen LogP contribution < -0.4 is 5.32 Å². The Bertz CT molecular complexity index is 595. The van der Waals surface area contributed by atoms with Crippen molar-refractivity contribution in [2.24, 2.45) is 5.92 Å².